The van der Waals surface area contributed by atoms with Crippen LogP contribution in [-0.2, 0) is 9.84 Å². The molecular weight excluding hydrogens is 307 g/mol. The van der Waals surface area contributed by atoms with Gasteiger partial charge >= 0.3 is 6.03 Å². The Morgan fingerprint density at radius 1 is 1.25 bits per heavy atom. The van der Waals surface area contributed by atoms with Crippen LogP contribution in [0, 0.1) is 5.82 Å². The van der Waals surface area contributed by atoms with E-state index in [2.05, 4.69) is 10.6 Å². The molecule has 0 saturated carbocycles. The lowest BCUT2D eigenvalue weighted by atomic mass is 10.2. The number of sulfone groups is 1. The van der Waals surface area contributed by atoms with Crippen molar-refractivity contribution in [3.05, 3.63) is 29.0 Å². The van der Waals surface area contributed by atoms with Gasteiger partial charge in [-0.1, -0.05) is 11.6 Å². The number of hydrogen-bond donors (Lipinski definition) is 2. The number of rotatable bonds is 2. The molecule has 5 nitrogen and oxygen atoms in total. The van der Waals surface area contributed by atoms with E-state index in [9.17, 15) is 17.6 Å². The number of carbonyl (C=O) groups excluding carboxylic acids is 1. The van der Waals surface area contributed by atoms with Gasteiger partial charge in [-0.15, -0.1) is 0 Å². The fourth-order valence-corrected chi connectivity index (χ4v) is 3.73. The second-order valence-corrected chi connectivity index (χ2v) is 7.42. The minimum atomic E-state index is -2.96. The summed E-state index contributed by atoms with van der Waals surface area (Å²) in [6, 6.07) is 3.02. The molecule has 1 aliphatic rings. The Balaban J connectivity index is 1.90. The highest BCUT2D eigenvalue weighted by Crippen LogP contribution is 2.18. The zero-order chi connectivity index (χ0) is 14.8. The van der Waals surface area contributed by atoms with Crippen molar-refractivity contribution in [1.29, 1.82) is 0 Å². The molecule has 1 saturated heterocycles. The van der Waals surface area contributed by atoms with E-state index in [0.717, 1.165) is 12.1 Å². The average Bonchev–Trinajstić information content (AvgIpc) is 2.30. The van der Waals surface area contributed by atoms with E-state index in [0.29, 0.717) is 12.8 Å². The van der Waals surface area contributed by atoms with Crippen LogP contribution < -0.4 is 10.6 Å². The summed E-state index contributed by atoms with van der Waals surface area (Å²) >= 11 is 5.68. The highest BCUT2D eigenvalue weighted by atomic mass is 35.5. The van der Waals surface area contributed by atoms with Gasteiger partial charge < -0.3 is 10.6 Å². The first-order valence-corrected chi connectivity index (χ1v) is 8.28. The van der Waals surface area contributed by atoms with Crippen LogP contribution in [0.3, 0.4) is 0 Å². The number of amides is 2. The molecule has 1 fully saturated rings. The molecule has 0 spiro atoms. The quantitative estimate of drug-likeness (QED) is 0.877. The molecular formula is C12H14ClFN2O3S. The fourth-order valence-electron chi connectivity index (χ4n) is 2.01. The van der Waals surface area contributed by atoms with E-state index in [1.807, 2.05) is 0 Å². The molecule has 2 amide bonds. The van der Waals surface area contributed by atoms with Crippen molar-refractivity contribution >= 4 is 33.2 Å². The molecule has 8 heteroatoms. The Morgan fingerprint density at radius 2 is 1.90 bits per heavy atom. The van der Waals surface area contributed by atoms with E-state index in [1.54, 1.807) is 0 Å². The van der Waals surface area contributed by atoms with Crippen molar-refractivity contribution < 1.29 is 17.6 Å². The van der Waals surface area contributed by atoms with Crippen molar-refractivity contribution in [2.75, 3.05) is 16.8 Å². The van der Waals surface area contributed by atoms with Gasteiger partial charge in [-0.25, -0.2) is 17.6 Å². The third-order valence-electron chi connectivity index (χ3n) is 3.01. The molecule has 0 atom stereocenters. The lowest BCUT2D eigenvalue weighted by Gasteiger charge is -2.23. The molecule has 1 aliphatic heterocycles. The van der Waals surface area contributed by atoms with E-state index < -0.39 is 21.7 Å². The molecule has 0 aliphatic carbocycles. The molecule has 0 unspecified atom stereocenters. The molecule has 1 heterocycles. The van der Waals surface area contributed by atoms with Crippen LogP contribution in [0.5, 0.6) is 0 Å². The Morgan fingerprint density at radius 3 is 2.50 bits per heavy atom. The highest BCUT2D eigenvalue weighted by molar-refractivity contribution is 7.91. The van der Waals surface area contributed by atoms with E-state index in [-0.39, 0.29) is 28.3 Å². The minimum absolute atomic E-state index is 0.0732. The molecule has 110 valence electrons. The smallest absolute Gasteiger partial charge is 0.319 e. The predicted octanol–water partition coefficient (Wildman–Crippen LogP) is 2.18. The lowest BCUT2D eigenvalue weighted by molar-refractivity contribution is 0.247. The predicted molar refractivity (Wildman–Crippen MR) is 75.2 cm³/mol. The summed E-state index contributed by atoms with van der Waals surface area (Å²) in [5, 5.41) is 5.32. The van der Waals surface area contributed by atoms with Gasteiger partial charge in [-0.05, 0) is 31.0 Å². The lowest BCUT2D eigenvalue weighted by Crippen LogP contribution is -2.42. The maximum absolute atomic E-state index is 13.1. The third-order valence-corrected chi connectivity index (χ3v) is 4.94. The standard InChI is InChI=1S/C12H14ClFN2O3S/c13-8-5-9(14)7-11(6-8)16-12(17)15-10-1-3-20(18,19)4-2-10/h5-7,10H,1-4H2,(H2,15,16,17). The minimum Gasteiger partial charge on any atom is -0.335 e. The molecule has 0 aromatic heterocycles. The molecule has 1 aromatic carbocycles. The van der Waals surface area contributed by atoms with Crippen LogP contribution in [-0.4, -0.2) is 32.0 Å². The summed E-state index contributed by atoms with van der Waals surface area (Å²) in [5.41, 5.74) is 0.246. The summed E-state index contributed by atoms with van der Waals surface area (Å²) < 4.78 is 35.6. The number of hydrogen-bond acceptors (Lipinski definition) is 3. The number of nitrogens with one attached hydrogen (secondary N) is 2. The molecule has 1 aromatic rings. The highest BCUT2D eigenvalue weighted by Gasteiger charge is 2.24. The summed E-state index contributed by atoms with van der Waals surface area (Å²) in [6.45, 7) is 0. The largest absolute Gasteiger partial charge is 0.335 e. The maximum Gasteiger partial charge on any atom is 0.319 e. The van der Waals surface area contributed by atoms with Gasteiger partial charge in [0.25, 0.3) is 0 Å². The summed E-state index contributed by atoms with van der Waals surface area (Å²) in [4.78, 5) is 11.7. The number of carbonyl (C=O) groups is 1. The third kappa shape index (κ3) is 4.35. The molecule has 0 bridgehead atoms. The first-order chi connectivity index (χ1) is 9.34. The van der Waals surface area contributed by atoms with Gasteiger partial charge in [0.1, 0.15) is 15.7 Å². The van der Waals surface area contributed by atoms with E-state index in [4.69, 9.17) is 11.6 Å². The van der Waals surface area contributed by atoms with Crippen LogP contribution in [0.2, 0.25) is 5.02 Å². The van der Waals surface area contributed by atoms with Crippen LogP contribution in [0.15, 0.2) is 18.2 Å². The Bertz CT molecular complexity index is 587. The van der Waals surface area contributed by atoms with E-state index >= 15 is 0 Å². The second-order valence-electron chi connectivity index (χ2n) is 4.68. The number of benzene rings is 1. The zero-order valence-electron chi connectivity index (χ0n) is 10.5. The SMILES string of the molecule is O=C(Nc1cc(F)cc(Cl)c1)NC1CCS(=O)(=O)CC1. The van der Waals surface area contributed by atoms with Crippen molar-refractivity contribution in [3.8, 4) is 0 Å². The van der Waals surface area contributed by atoms with Gasteiger partial charge in [0, 0.05) is 16.8 Å². The number of anilines is 1. The Hall–Kier alpha value is -1.34. The van der Waals surface area contributed by atoms with Gasteiger partial charge in [0.15, 0.2) is 0 Å². The van der Waals surface area contributed by atoms with Crippen molar-refractivity contribution in [2.24, 2.45) is 0 Å². The zero-order valence-corrected chi connectivity index (χ0v) is 12.1. The van der Waals surface area contributed by atoms with Crippen molar-refractivity contribution in [3.63, 3.8) is 0 Å². The normalized spacial score (nSPS) is 18.5. The van der Waals surface area contributed by atoms with Crippen LogP contribution in [0.25, 0.3) is 0 Å². The Kier molecular flexibility index (Phi) is 4.49. The van der Waals surface area contributed by atoms with Gasteiger partial charge in [0.05, 0.1) is 11.5 Å². The van der Waals surface area contributed by atoms with Crippen LogP contribution in [0.4, 0.5) is 14.9 Å². The van der Waals surface area contributed by atoms with E-state index in [1.165, 1.54) is 6.07 Å². The second kappa shape index (κ2) is 5.97. The fraction of sp³-hybridized carbons (Fsp3) is 0.417. The van der Waals surface area contributed by atoms with Gasteiger partial charge in [-0.2, -0.15) is 0 Å². The van der Waals surface area contributed by atoms with Crippen molar-refractivity contribution in [1.82, 2.24) is 5.32 Å². The first kappa shape index (κ1) is 15.1. The monoisotopic (exact) mass is 320 g/mol. The van der Waals surface area contributed by atoms with Crippen molar-refractivity contribution in [2.45, 2.75) is 18.9 Å². The van der Waals surface area contributed by atoms with Gasteiger partial charge in [0.2, 0.25) is 0 Å². The average molecular weight is 321 g/mol. The molecule has 2 rings (SSSR count). The van der Waals surface area contributed by atoms with Crippen LogP contribution in [0.1, 0.15) is 12.8 Å². The maximum atomic E-state index is 13.1. The Labute approximate surface area is 121 Å². The number of halogens is 2. The molecule has 2 N–H and O–H groups in total. The first-order valence-electron chi connectivity index (χ1n) is 6.08. The summed E-state index contributed by atoms with van der Waals surface area (Å²) in [6.07, 6.45) is 0.777. The molecule has 0 radical (unpaired) electrons. The number of urea groups is 1. The summed E-state index contributed by atoms with van der Waals surface area (Å²) in [7, 11) is -2.96. The van der Waals surface area contributed by atoms with Crippen LogP contribution >= 0.6 is 11.6 Å². The topological polar surface area (TPSA) is 75.3 Å². The molecule has 20 heavy (non-hydrogen) atoms. The summed E-state index contributed by atoms with van der Waals surface area (Å²) in [5.74, 6) is -0.399. The van der Waals surface area contributed by atoms with Gasteiger partial charge in [-0.3, -0.25) is 0 Å².